The van der Waals surface area contributed by atoms with E-state index in [-0.39, 0.29) is 0 Å². The van der Waals surface area contributed by atoms with E-state index in [2.05, 4.69) is 44.3 Å². The Morgan fingerprint density at radius 3 is 2.70 bits per heavy atom. The quantitative estimate of drug-likeness (QED) is 0.719. The molecule has 1 fully saturated rings. The van der Waals surface area contributed by atoms with Crippen LogP contribution in [0.3, 0.4) is 0 Å². The molecule has 4 rings (SSSR count). The summed E-state index contributed by atoms with van der Waals surface area (Å²) in [5.41, 5.74) is 3.36. The number of nitrogens with one attached hydrogen (secondary N) is 1. The summed E-state index contributed by atoms with van der Waals surface area (Å²) >= 11 is 0. The molecule has 2 heterocycles. The molecule has 0 amide bonds. The van der Waals surface area contributed by atoms with Crippen LogP contribution in [0.25, 0.3) is 10.9 Å². The van der Waals surface area contributed by atoms with E-state index < -0.39 is 0 Å². The molecule has 0 atom stereocenters. The third-order valence-corrected chi connectivity index (χ3v) is 4.94. The fourth-order valence-corrected chi connectivity index (χ4v) is 3.30. The Hall–Kier alpha value is -2.80. The van der Waals surface area contributed by atoms with Crippen LogP contribution < -0.4 is 20.4 Å². The fraction of sp³-hybridized carbons (Fsp3) is 0.300. The third kappa shape index (κ3) is 3.69. The SMILES string of the molecule is [B]c1cccc2cnc(Nc3ccc(N4CCN(C)CC4)cc3OC)nc12. The number of likely N-dealkylation sites (N-methyl/N-ethyl adjacent to an activating group) is 1. The fourth-order valence-electron chi connectivity index (χ4n) is 3.30. The summed E-state index contributed by atoms with van der Waals surface area (Å²) in [5.74, 6) is 1.25. The second kappa shape index (κ2) is 7.44. The molecular formula is C20H22BN5O. The number of aromatic nitrogens is 2. The van der Waals surface area contributed by atoms with Gasteiger partial charge in [0.2, 0.25) is 5.95 Å². The maximum atomic E-state index is 6.04. The molecule has 1 saturated heterocycles. The van der Waals surface area contributed by atoms with E-state index in [4.69, 9.17) is 12.6 Å². The Bertz CT molecular complexity index is 956. The first-order valence-electron chi connectivity index (χ1n) is 9.04. The van der Waals surface area contributed by atoms with Gasteiger partial charge in [-0.3, -0.25) is 0 Å². The first kappa shape index (κ1) is 17.6. The number of fused-ring (bicyclic) bond motifs is 1. The summed E-state index contributed by atoms with van der Waals surface area (Å²) in [6.07, 6.45) is 1.77. The number of methoxy groups -OCH3 is 1. The zero-order valence-corrected chi connectivity index (χ0v) is 15.6. The van der Waals surface area contributed by atoms with Crippen LogP contribution in [0.4, 0.5) is 17.3 Å². The van der Waals surface area contributed by atoms with E-state index in [0.29, 0.717) is 11.4 Å². The summed E-state index contributed by atoms with van der Waals surface area (Å²) in [5, 5.41) is 4.17. The number of anilines is 3. The molecule has 1 aromatic heterocycles. The zero-order chi connectivity index (χ0) is 18.8. The van der Waals surface area contributed by atoms with E-state index in [1.807, 2.05) is 24.3 Å². The van der Waals surface area contributed by atoms with Crippen LogP contribution in [-0.2, 0) is 0 Å². The predicted molar refractivity (Wildman–Crippen MR) is 111 cm³/mol. The minimum atomic E-state index is 0.492. The van der Waals surface area contributed by atoms with E-state index in [0.717, 1.165) is 54.2 Å². The van der Waals surface area contributed by atoms with Gasteiger partial charge >= 0.3 is 0 Å². The van der Waals surface area contributed by atoms with Crippen molar-refractivity contribution in [2.75, 3.05) is 50.6 Å². The topological polar surface area (TPSA) is 53.5 Å². The number of rotatable bonds is 4. The highest BCUT2D eigenvalue weighted by atomic mass is 16.5. The van der Waals surface area contributed by atoms with Gasteiger partial charge in [0, 0.05) is 49.5 Å². The molecule has 1 aliphatic rings. The third-order valence-electron chi connectivity index (χ3n) is 4.94. The van der Waals surface area contributed by atoms with Gasteiger partial charge in [-0.05, 0) is 19.2 Å². The summed E-state index contributed by atoms with van der Waals surface area (Å²) in [6, 6.07) is 11.8. The monoisotopic (exact) mass is 359 g/mol. The van der Waals surface area contributed by atoms with Gasteiger partial charge in [0.15, 0.2) is 0 Å². The molecular weight excluding hydrogens is 337 g/mol. The Balaban J connectivity index is 1.59. The Kier molecular flexibility index (Phi) is 4.86. The van der Waals surface area contributed by atoms with Gasteiger partial charge < -0.3 is 19.9 Å². The lowest BCUT2D eigenvalue weighted by atomic mass is 9.94. The lowest BCUT2D eigenvalue weighted by Gasteiger charge is -2.34. The van der Waals surface area contributed by atoms with Gasteiger partial charge in [0.25, 0.3) is 0 Å². The highest BCUT2D eigenvalue weighted by molar-refractivity contribution is 6.38. The van der Waals surface area contributed by atoms with Crippen LogP contribution >= 0.6 is 0 Å². The Morgan fingerprint density at radius 1 is 1.11 bits per heavy atom. The number of hydrogen-bond donors (Lipinski definition) is 1. The maximum absolute atomic E-state index is 6.04. The van der Waals surface area contributed by atoms with Crippen molar-refractivity contribution < 1.29 is 4.74 Å². The molecule has 7 heteroatoms. The van der Waals surface area contributed by atoms with Gasteiger partial charge in [-0.2, -0.15) is 0 Å². The van der Waals surface area contributed by atoms with Gasteiger partial charge in [-0.15, -0.1) is 0 Å². The van der Waals surface area contributed by atoms with Crippen LogP contribution in [0, 0.1) is 0 Å². The lowest BCUT2D eigenvalue weighted by Crippen LogP contribution is -2.44. The molecule has 0 saturated carbocycles. The maximum Gasteiger partial charge on any atom is 0.227 e. The molecule has 0 unspecified atom stereocenters. The summed E-state index contributed by atoms with van der Waals surface area (Å²) in [6.45, 7) is 4.16. The van der Waals surface area contributed by atoms with E-state index >= 15 is 0 Å². The molecule has 0 aliphatic carbocycles. The van der Waals surface area contributed by atoms with Crippen LogP contribution in [0.2, 0.25) is 0 Å². The first-order chi connectivity index (χ1) is 13.1. The molecule has 2 radical (unpaired) electrons. The van der Waals surface area contributed by atoms with Crippen molar-refractivity contribution >= 4 is 41.5 Å². The second-order valence-corrected chi connectivity index (χ2v) is 6.78. The van der Waals surface area contributed by atoms with E-state index in [1.165, 1.54) is 0 Å². The first-order valence-corrected chi connectivity index (χ1v) is 9.04. The number of ether oxygens (including phenoxy) is 1. The Labute approximate surface area is 160 Å². The summed E-state index contributed by atoms with van der Waals surface area (Å²) < 4.78 is 5.60. The van der Waals surface area contributed by atoms with Gasteiger partial charge in [0.1, 0.15) is 13.6 Å². The minimum absolute atomic E-state index is 0.492. The van der Waals surface area contributed by atoms with Gasteiger partial charge in [-0.25, -0.2) is 9.97 Å². The standard InChI is InChI=1S/C20H22BN5O/c1-25-8-10-26(11-9-25)15-6-7-17(18(12-15)27-2)23-20-22-13-14-4-3-5-16(21)19(14)24-20/h3-7,12-13H,8-11H2,1-2H3,(H,22,23,24). The molecule has 2 aromatic carbocycles. The van der Waals surface area contributed by atoms with E-state index in [1.54, 1.807) is 13.3 Å². The van der Waals surface area contributed by atoms with Crippen LogP contribution in [0.1, 0.15) is 0 Å². The smallest absolute Gasteiger partial charge is 0.227 e. The normalized spacial score (nSPS) is 15.1. The van der Waals surface area contributed by atoms with Crippen LogP contribution in [0.5, 0.6) is 5.75 Å². The van der Waals surface area contributed by atoms with Crippen molar-refractivity contribution in [2.45, 2.75) is 0 Å². The molecule has 1 aliphatic heterocycles. The van der Waals surface area contributed by atoms with Gasteiger partial charge in [-0.1, -0.05) is 23.7 Å². The largest absolute Gasteiger partial charge is 0.494 e. The molecule has 6 nitrogen and oxygen atoms in total. The second-order valence-electron chi connectivity index (χ2n) is 6.78. The zero-order valence-electron chi connectivity index (χ0n) is 15.6. The molecule has 0 spiro atoms. The molecule has 1 N–H and O–H groups in total. The summed E-state index contributed by atoms with van der Waals surface area (Å²) in [4.78, 5) is 13.7. The number of hydrogen-bond acceptors (Lipinski definition) is 6. The highest BCUT2D eigenvalue weighted by Crippen LogP contribution is 2.31. The molecule has 27 heavy (non-hydrogen) atoms. The van der Waals surface area contributed by atoms with Crippen molar-refractivity contribution in [3.05, 3.63) is 42.6 Å². The van der Waals surface area contributed by atoms with E-state index in [9.17, 15) is 0 Å². The average molecular weight is 359 g/mol. The molecule has 3 aromatic rings. The van der Waals surface area contributed by atoms with Crippen molar-refractivity contribution in [3.63, 3.8) is 0 Å². The predicted octanol–water partition coefficient (Wildman–Crippen LogP) is 1.93. The number of piperazine rings is 1. The average Bonchev–Trinajstić information content (AvgIpc) is 2.69. The summed E-state index contributed by atoms with van der Waals surface area (Å²) in [7, 11) is 9.86. The highest BCUT2D eigenvalue weighted by Gasteiger charge is 2.16. The lowest BCUT2D eigenvalue weighted by molar-refractivity contribution is 0.312. The van der Waals surface area contributed by atoms with Crippen LogP contribution in [-0.4, -0.2) is 63.1 Å². The van der Waals surface area contributed by atoms with Crippen molar-refractivity contribution in [1.29, 1.82) is 0 Å². The molecule has 136 valence electrons. The molecule has 0 bridgehead atoms. The minimum Gasteiger partial charge on any atom is -0.494 e. The van der Waals surface area contributed by atoms with Gasteiger partial charge in [0.05, 0.1) is 18.3 Å². The van der Waals surface area contributed by atoms with Crippen LogP contribution in [0.15, 0.2) is 42.6 Å². The van der Waals surface area contributed by atoms with Crippen molar-refractivity contribution in [2.24, 2.45) is 0 Å². The number of para-hydroxylation sites is 1. The number of nitrogens with zero attached hydrogens (tertiary/aromatic N) is 4. The Morgan fingerprint density at radius 2 is 1.93 bits per heavy atom. The van der Waals surface area contributed by atoms with Crippen molar-refractivity contribution in [1.82, 2.24) is 14.9 Å². The van der Waals surface area contributed by atoms with Crippen molar-refractivity contribution in [3.8, 4) is 5.75 Å². The number of benzene rings is 2.